The SMILES string of the molecule is CNCCCC1COc2ccc3ccccc3c2N1. The number of rotatable bonds is 4. The van der Waals surface area contributed by atoms with Crippen LogP contribution in [0.4, 0.5) is 5.69 Å². The molecule has 0 bridgehead atoms. The van der Waals surface area contributed by atoms with Crippen LogP contribution < -0.4 is 15.4 Å². The molecule has 0 saturated carbocycles. The molecule has 1 aliphatic heterocycles. The van der Waals surface area contributed by atoms with E-state index in [1.54, 1.807) is 0 Å². The first-order valence-electron chi connectivity index (χ1n) is 6.94. The Morgan fingerprint density at radius 2 is 2.16 bits per heavy atom. The molecule has 1 aliphatic rings. The van der Waals surface area contributed by atoms with Gasteiger partial charge in [-0.25, -0.2) is 0 Å². The first kappa shape index (κ1) is 12.3. The van der Waals surface area contributed by atoms with E-state index in [1.807, 2.05) is 7.05 Å². The van der Waals surface area contributed by atoms with Crippen molar-refractivity contribution in [3.63, 3.8) is 0 Å². The summed E-state index contributed by atoms with van der Waals surface area (Å²) in [6, 6.07) is 13.0. The van der Waals surface area contributed by atoms with Gasteiger partial charge in [0.25, 0.3) is 0 Å². The second-order valence-corrected chi connectivity index (χ2v) is 5.06. The molecule has 3 rings (SSSR count). The van der Waals surface area contributed by atoms with Crippen molar-refractivity contribution in [1.82, 2.24) is 5.32 Å². The summed E-state index contributed by atoms with van der Waals surface area (Å²) in [4.78, 5) is 0. The number of benzene rings is 2. The van der Waals surface area contributed by atoms with Crippen molar-refractivity contribution in [1.29, 1.82) is 0 Å². The Morgan fingerprint density at radius 3 is 3.05 bits per heavy atom. The third-order valence-corrected chi connectivity index (χ3v) is 3.66. The average molecular weight is 256 g/mol. The Kier molecular flexibility index (Phi) is 3.56. The molecule has 2 aromatic rings. The maximum Gasteiger partial charge on any atom is 0.143 e. The fourth-order valence-electron chi connectivity index (χ4n) is 2.64. The van der Waals surface area contributed by atoms with E-state index in [1.165, 1.54) is 10.8 Å². The molecule has 0 spiro atoms. The molecule has 0 saturated heterocycles. The quantitative estimate of drug-likeness (QED) is 0.825. The van der Waals surface area contributed by atoms with Crippen molar-refractivity contribution >= 4 is 16.5 Å². The van der Waals surface area contributed by atoms with Gasteiger partial charge >= 0.3 is 0 Å². The lowest BCUT2D eigenvalue weighted by Gasteiger charge is -2.28. The van der Waals surface area contributed by atoms with Gasteiger partial charge in [0, 0.05) is 5.39 Å². The Labute approximate surface area is 114 Å². The monoisotopic (exact) mass is 256 g/mol. The van der Waals surface area contributed by atoms with Gasteiger partial charge in [0.05, 0.1) is 11.7 Å². The predicted octanol–water partition coefficient (Wildman–Crippen LogP) is 3.01. The highest BCUT2D eigenvalue weighted by Crippen LogP contribution is 2.36. The molecule has 0 amide bonds. The van der Waals surface area contributed by atoms with E-state index in [-0.39, 0.29) is 0 Å². The van der Waals surface area contributed by atoms with Crippen molar-refractivity contribution in [3.05, 3.63) is 36.4 Å². The van der Waals surface area contributed by atoms with Gasteiger partial charge in [-0.2, -0.15) is 0 Å². The molecule has 0 radical (unpaired) electrons. The Hall–Kier alpha value is -1.74. The number of nitrogens with one attached hydrogen (secondary N) is 2. The van der Waals surface area contributed by atoms with Crippen molar-refractivity contribution < 1.29 is 4.74 Å². The summed E-state index contributed by atoms with van der Waals surface area (Å²) in [5.74, 6) is 0.976. The maximum atomic E-state index is 5.89. The van der Waals surface area contributed by atoms with Crippen LogP contribution in [0.2, 0.25) is 0 Å². The summed E-state index contributed by atoms with van der Waals surface area (Å²) in [5, 5.41) is 9.34. The van der Waals surface area contributed by atoms with Gasteiger partial charge in [-0.3, -0.25) is 0 Å². The smallest absolute Gasteiger partial charge is 0.143 e. The van der Waals surface area contributed by atoms with Crippen molar-refractivity contribution in [2.45, 2.75) is 18.9 Å². The van der Waals surface area contributed by atoms with Crippen molar-refractivity contribution in [2.24, 2.45) is 0 Å². The fraction of sp³-hybridized carbons (Fsp3) is 0.375. The van der Waals surface area contributed by atoms with E-state index in [0.29, 0.717) is 6.04 Å². The van der Waals surface area contributed by atoms with Crippen LogP contribution in [-0.2, 0) is 0 Å². The number of ether oxygens (including phenoxy) is 1. The first-order valence-corrected chi connectivity index (χ1v) is 6.94. The van der Waals surface area contributed by atoms with E-state index in [2.05, 4.69) is 47.0 Å². The molecule has 1 atom stereocenters. The van der Waals surface area contributed by atoms with Gasteiger partial charge in [0.15, 0.2) is 0 Å². The van der Waals surface area contributed by atoms with Crippen LogP contribution in [0.3, 0.4) is 0 Å². The fourth-order valence-corrected chi connectivity index (χ4v) is 2.64. The minimum atomic E-state index is 0.409. The molecule has 0 aliphatic carbocycles. The highest BCUT2D eigenvalue weighted by atomic mass is 16.5. The Morgan fingerprint density at radius 1 is 1.26 bits per heavy atom. The van der Waals surface area contributed by atoms with Crippen LogP contribution in [0.15, 0.2) is 36.4 Å². The Bertz CT molecular complexity index is 568. The minimum absolute atomic E-state index is 0.409. The summed E-state index contributed by atoms with van der Waals surface area (Å²) in [6.07, 6.45) is 2.29. The van der Waals surface area contributed by atoms with Crippen LogP contribution in [0, 0.1) is 0 Å². The number of fused-ring (bicyclic) bond motifs is 3. The third kappa shape index (κ3) is 2.51. The van der Waals surface area contributed by atoms with Gasteiger partial charge in [-0.05, 0) is 37.9 Å². The zero-order valence-corrected chi connectivity index (χ0v) is 11.3. The van der Waals surface area contributed by atoms with Gasteiger partial charge in [0.1, 0.15) is 12.4 Å². The molecule has 100 valence electrons. The molecule has 2 N–H and O–H groups in total. The summed E-state index contributed by atoms with van der Waals surface area (Å²) in [5.41, 5.74) is 1.15. The average Bonchev–Trinajstić information content (AvgIpc) is 2.47. The molecule has 0 fully saturated rings. The summed E-state index contributed by atoms with van der Waals surface area (Å²) < 4.78 is 5.89. The zero-order chi connectivity index (χ0) is 13.1. The Balaban J connectivity index is 1.84. The second kappa shape index (κ2) is 5.49. The molecule has 0 aromatic heterocycles. The highest BCUT2D eigenvalue weighted by Gasteiger charge is 2.20. The summed E-state index contributed by atoms with van der Waals surface area (Å²) in [7, 11) is 1.99. The highest BCUT2D eigenvalue weighted by molar-refractivity contribution is 5.97. The van der Waals surface area contributed by atoms with Gasteiger partial charge < -0.3 is 15.4 Å². The van der Waals surface area contributed by atoms with Crippen molar-refractivity contribution in [3.8, 4) is 5.75 Å². The standard InChI is InChI=1S/C16H20N2O/c1-17-10-4-6-13-11-19-15-9-8-12-5-2-3-7-14(12)16(15)18-13/h2-3,5,7-9,13,17-18H,4,6,10-11H2,1H3. The molecule has 2 aromatic carbocycles. The molecule has 19 heavy (non-hydrogen) atoms. The molecular formula is C16H20N2O. The van der Waals surface area contributed by atoms with E-state index < -0.39 is 0 Å². The second-order valence-electron chi connectivity index (χ2n) is 5.06. The maximum absolute atomic E-state index is 5.89. The van der Waals surface area contributed by atoms with E-state index in [9.17, 15) is 0 Å². The molecule has 3 heteroatoms. The lowest BCUT2D eigenvalue weighted by Crippen LogP contribution is -2.32. The normalized spacial score (nSPS) is 17.6. The number of hydrogen-bond donors (Lipinski definition) is 2. The number of anilines is 1. The number of hydrogen-bond acceptors (Lipinski definition) is 3. The topological polar surface area (TPSA) is 33.3 Å². The largest absolute Gasteiger partial charge is 0.489 e. The van der Waals surface area contributed by atoms with Crippen molar-refractivity contribution in [2.75, 3.05) is 25.5 Å². The van der Waals surface area contributed by atoms with E-state index >= 15 is 0 Å². The summed E-state index contributed by atoms with van der Waals surface area (Å²) >= 11 is 0. The molecule has 1 heterocycles. The lowest BCUT2D eigenvalue weighted by atomic mass is 10.0. The predicted molar refractivity (Wildman–Crippen MR) is 80.0 cm³/mol. The van der Waals surface area contributed by atoms with Crippen LogP contribution in [0.5, 0.6) is 5.75 Å². The van der Waals surface area contributed by atoms with E-state index in [4.69, 9.17) is 4.74 Å². The van der Waals surface area contributed by atoms with E-state index in [0.717, 1.165) is 37.4 Å². The zero-order valence-electron chi connectivity index (χ0n) is 11.3. The molecule has 3 nitrogen and oxygen atoms in total. The third-order valence-electron chi connectivity index (χ3n) is 3.66. The van der Waals surface area contributed by atoms with Crippen LogP contribution in [0.25, 0.3) is 10.8 Å². The molecular weight excluding hydrogens is 236 g/mol. The van der Waals surface area contributed by atoms with Gasteiger partial charge in [-0.1, -0.05) is 30.3 Å². The van der Waals surface area contributed by atoms with Crippen LogP contribution >= 0.6 is 0 Å². The van der Waals surface area contributed by atoms with Crippen LogP contribution in [-0.4, -0.2) is 26.2 Å². The molecule has 1 unspecified atom stereocenters. The van der Waals surface area contributed by atoms with Gasteiger partial charge in [0.2, 0.25) is 0 Å². The minimum Gasteiger partial charge on any atom is -0.489 e. The van der Waals surface area contributed by atoms with Crippen LogP contribution in [0.1, 0.15) is 12.8 Å². The summed E-state index contributed by atoms with van der Waals surface area (Å²) in [6.45, 7) is 1.82. The first-order chi connectivity index (χ1) is 9.38. The van der Waals surface area contributed by atoms with Gasteiger partial charge in [-0.15, -0.1) is 0 Å². The lowest BCUT2D eigenvalue weighted by molar-refractivity contribution is 0.277.